The van der Waals surface area contributed by atoms with Gasteiger partial charge in [0.2, 0.25) is 0 Å². The molecular formula is C21H23N3O5. The third-order valence-electron chi connectivity index (χ3n) is 4.35. The molecule has 0 unspecified atom stereocenters. The van der Waals surface area contributed by atoms with Crippen LogP contribution in [0.15, 0.2) is 58.8 Å². The van der Waals surface area contributed by atoms with Crippen LogP contribution in [-0.4, -0.2) is 53.8 Å². The molecule has 2 atom stereocenters. The molecule has 1 heterocycles. The number of morpholine rings is 1. The zero-order valence-electron chi connectivity index (χ0n) is 16.3. The molecule has 1 aliphatic rings. The van der Waals surface area contributed by atoms with E-state index in [2.05, 4.69) is 10.2 Å². The normalized spacial score (nSPS) is 19.3. The van der Waals surface area contributed by atoms with E-state index in [1.807, 2.05) is 13.8 Å². The smallest absolute Gasteiger partial charge is 0.340 e. The maximum atomic E-state index is 12.5. The van der Waals surface area contributed by atoms with Crippen molar-refractivity contribution in [3.05, 3.63) is 54.1 Å². The number of esters is 1. The lowest BCUT2D eigenvalue weighted by atomic mass is 10.2. The highest BCUT2D eigenvalue weighted by Crippen LogP contribution is 2.24. The summed E-state index contributed by atoms with van der Waals surface area (Å²) in [6.07, 6.45) is -0.112. The van der Waals surface area contributed by atoms with Crippen LogP contribution < -0.4 is 0 Å². The predicted molar refractivity (Wildman–Crippen MR) is 106 cm³/mol. The van der Waals surface area contributed by atoms with Crippen molar-refractivity contribution < 1.29 is 24.2 Å². The van der Waals surface area contributed by atoms with E-state index in [0.717, 1.165) is 0 Å². The molecule has 1 saturated heterocycles. The minimum atomic E-state index is -0.645. The van der Waals surface area contributed by atoms with Crippen LogP contribution in [0, 0.1) is 0 Å². The van der Waals surface area contributed by atoms with E-state index < -0.39 is 5.97 Å². The van der Waals surface area contributed by atoms with Gasteiger partial charge in [-0.15, -0.1) is 5.11 Å². The van der Waals surface area contributed by atoms with Crippen molar-refractivity contribution in [2.75, 3.05) is 19.7 Å². The Labute approximate surface area is 168 Å². The summed E-state index contributed by atoms with van der Waals surface area (Å²) in [5.41, 5.74) is 1.06. The summed E-state index contributed by atoms with van der Waals surface area (Å²) in [5, 5.41) is 17.5. The number of rotatable bonds is 5. The Balaban J connectivity index is 1.64. The second-order valence-corrected chi connectivity index (χ2v) is 6.87. The van der Waals surface area contributed by atoms with Gasteiger partial charge >= 0.3 is 5.97 Å². The quantitative estimate of drug-likeness (QED) is 0.614. The number of carbonyl (C=O) groups excluding carboxylic acids is 2. The molecule has 0 saturated carbocycles. The van der Waals surface area contributed by atoms with Gasteiger partial charge < -0.3 is 19.5 Å². The fraction of sp³-hybridized carbons (Fsp3) is 0.333. The van der Waals surface area contributed by atoms with Crippen LogP contribution in [-0.2, 0) is 14.3 Å². The molecule has 152 valence electrons. The number of carbonyl (C=O) groups is 2. The van der Waals surface area contributed by atoms with E-state index in [9.17, 15) is 14.7 Å². The highest BCUT2D eigenvalue weighted by Gasteiger charge is 2.26. The zero-order valence-corrected chi connectivity index (χ0v) is 16.3. The zero-order chi connectivity index (χ0) is 20.8. The summed E-state index contributed by atoms with van der Waals surface area (Å²) in [7, 11) is 0. The van der Waals surface area contributed by atoms with Crippen molar-refractivity contribution in [3.8, 4) is 5.75 Å². The SMILES string of the molecule is C[C@@H]1CN(C(=O)COC(=O)c2ccccc2N=Nc2ccc(O)cc2)C[C@H](C)O1. The maximum absolute atomic E-state index is 12.5. The molecule has 1 aliphatic heterocycles. The van der Waals surface area contributed by atoms with Gasteiger partial charge in [-0.05, 0) is 50.2 Å². The van der Waals surface area contributed by atoms with Gasteiger partial charge in [0, 0.05) is 13.1 Å². The lowest BCUT2D eigenvalue weighted by Crippen LogP contribution is -2.49. The first-order valence-corrected chi connectivity index (χ1v) is 9.32. The standard InChI is InChI=1S/C21H23N3O5/c1-14-11-24(12-15(2)29-14)20(26)13-28-21(27)18-5-3-4-6-19(18)23-22-16-7-9-17(25)10-8-16/h3-10,14-15,25H,11-13H2,1-2H3/t14-,15+. The molecule has 1 amide bonds. The van der Waals surface area contributed by atoms with E-state index in [1.165, 1.54) is 12.1 Å². The number of amides is 1. The van der Waals surface area contributed by atoms with Gasteiger partial charge in [-0.25, -0.2) is 4.79 Å². The fourth-order valence-corrected chi connectivity index (χ4v) is 3.04. The van der Waals surface area contributed by atoms with Crippen LogP contribution in [0.25, 0.3) is 0 Å². The average molecular weight is 397 g/mol. The van der Waals surface area contributed by atoms with Crippen molar-refractivity contribution in [1.82, 2.24) is 4.90 Å². The van der Waals surface area contributed by atoms with Gasteiger partial charge in [0.05, 0.1) is 23.5 Å². The lowest BCUT2D eigenvalue weighted by molar-refractivity contribution is -0.146. The number of hydrogen-bond acceptors (Lipinski definition) is 7. The minimum Gasteiger partial charge on any atom is -0.508 e. The largest absolute Gasteiger partial charge is 0.508 e. The number of nitrogens with zero attached hydrogens (tertiary/aromatic N) is 3. The van der Waals surface area contributed by atoms with Gasteiger partial charge in [0.15, 0.2) is 6.61 Å². The molecule has 2 aromatic carbocycles. The van der Waals surface area contributed by atoms with Crippen LogP contribution in [0.5, 0.6) is 5.75 Å². The number of azo groups is 1. The van der Waals surface area contributed by atoms with E-state index in [0.29, 0.717) is 24.5 Å². The third kappa shape index (κ3) is 5.61. The molecule has 29 heavy (non-hydrogen) atoms. The lowest BCUT2D eigenvalue weighted by Gasteiger charge is -2.35. The molecule has 0 aliphatic carbocycles. The van der Waals surface area contributed by atoms with Crippen LogP contribution in [0.1, 0.15) is 24.2 Å². The summed E-state index contributed by atoms with van der Waals surface area (Å²) in [5.74, 6) is -0.779. The topological polar surface area (TPSA) is 101 Å². The second kappa shape index (κ2) is 9.29. The number of phenols is 1. The van der Waals surface area contributed by atoms with Crippen LogP contribution in [0.4, 0.5) is 11.4 Å². The molecule has 3 rings (SSSR count). The first-order valence-electron chi connectivity index (χ1n) is 9.32. The average Bonchev–Trinajstić information content (AvgIpc) is 2.71. The first kappa shape index (κ1) is 20.5. The van der Waals surface area contributed by atoms with Crippen molar-refractivity contribution in [1.29, 1.82) is 0 Å². The van der Waals surface area contributed by atoms with Crippen molar-refractivity contribution in [2.24, 2.45) is 10.2 Å². The van der Waals surface area contributed by atoms with Gasteiger partial charge in [-0.2, -0.15) is 5.11 Å². The van der Waals surface area contributed by atoms with Crippen LogP contribution in [0.3, 0.4) is 0 Å². The predicted octanol–water partition coefficient (Wildman–Crippen LogP) is 3.60. The van der Waals surface area contributed by atoms with E-state index >= 15 is 0 Å². The summed E-state index contributed by atoms with van der Waals surface area (Å²) in [6.45, 7) is 4.40. The van der Waals surface area contributed by atoms with Crippen LogP contribution >= 0.6 is 0 Å². The molecule has 1 N–H and O–H groups in total. The van der Waals surface area contributed by atoms with Crippen LogP contribution in [0.2, 0.25) is 0 Å². The monoisotopic (exact) mass is 397 g/mol. The Morgan fingerprint density at radius 1 is 1.07 bits per heavy atom. The molecule has 0 spiro atoms. The molecule has 0 radical (unpaired) electrons. The van der Waals surface area contributed by atoms with Crippen molar-refractivity contribution >= 4 is 23.3 Å². The molecule has 0 bridgehead atoms. The Bertz CT molecular complexity index is 887. The fourth-order valence-electron chi connectivity index (χ4n) is 3.04. The number of benzene rings is 2. The summed E-state index contributed by atoms with van der Waals surface area (Å²) >= 11 is 0. The molecule has 1 fully saturated rings. The molecular weight excluding hydrogens is 374 g/mol. The van der Waals surface area contributed by atoms with E-state index in [-0.39, 0.29) is 36.0 Å². The van der Waals surface area contributed by atoms with E-state index in [4.69, 9.17) is 9.47 Å². The Morgan fingerprint density at radius 3 is 2.41 bits per heavy atom. The van der Waals surface area contributed by atoms with Gasteiger partial charge in [0.25, 0.3) is 5.91 Å². The van der Waals surface area contributed by atoms with E-state index in [1.54, 1.807) is 41.3 Å². The highest BCUT2D eigenvalue weighted by molar-refractivity contribution is 5.96. The molecule has 8 heteroatoms. The number of hydrogen-bond donors (Lipinski definition) is 1. The highest BCUT2D eigenvalue weighted by atomic mass is 16.5. The molecule has 8 nitrogen and oxygen atoms in total. The molecule has 0 aromatic heterocycles. The number of ether oxygens (including phenoxy) is 2. The summed E-state index contributed by atoms with van der Waals surface area (Å²) in [6, 6.07) is 12.8. The Morgan fingerprint density at radius 2 is 1.72 bits per heavy atom. The second-order valence-electron chi connectivity index (χ2n) is 6.87. The number of aromatic hydroxyl groups is 1. The van der Waals surface area contributed by atoms with Crippen molar-refractivity contribution in [2.45, 2.75) is 26.1 Å². The minimum absolute atomic E-state index is 0.0561. The summed E-state index contributed by atoms with van der Waals surface area (Å²) < 4.78 is 10.8. The third-order valence-corrected chi connectivity index (χ3v) is 4.35. The Kier molecular flexibility index (Phi) is 6.56. The molecule has 2 aromatic rings. The Hall–Kier alpha value is -3.26. The summed E-state index contributed by atoms with van der Waals surface area (Å²) in [4.78, 5) is 26.5. The van der Waals surface area contributed by atoms with Gasteiger partial charge in [-0.1, -0.05) is 12.1 Å². The maximum Gasteiger partial charge on any atom is 0.340 e. The van der Waals surface area contributed by atoms with Crippen molar-refractivity contribution in [3.63, 3.8) is 0 Å². The van der Waals surface area contributed by atoms with Gasteiger partial charge in [-0.3, -0.25) is 4.79 Å². The number of phenolic OH excluding ortho intramolecular Hbond substituents is 1. The first-order chi connectivity index (χ1) is 13.9. The van der Waals surface area contributed by atoms with Gasteiger partial charge in [0.1, 0.15) is 11.4 Å².